The Morgan fingerprint density at radius 1 is 1.50 bits per heavy atom. The van der Waals surface area contributed by atoms with Crippen LogP contribution in [0.1, 0.15) is 11.1 Å². The molecule has 1 rings (SSSR count). The highest BCUT2D eigenvalue weighted by molar-refractivity contribution is 5.46. The van der Waals surface area contributed by atoms with Gasteiger partial charge < -0.3 is 0 Å². The summed E-state index contributed by atoms with van der Waals surface area (Å²) in [5.74, 6) is -0.189. The van der Waals surface area contributed by atoms with Gasteiger partial charge in [0, 0.05) is 0 Å². The Morgan fingerprint density at radius 2 is 2.20 bits per heavy atom. The van der Waals surface area contributed by atoms with Gasteiger partial charge in [0.15, 0.2) is 0 Å². The van der Waals surface area contributed by atoms with Crippen molar-refractivity contribution in [1.82, 2.24) is 0 Å². The van der Waals surface area contributed by atoms with Crippen molar-refractivity contribution < 1.29 is 4.39 Å². The van der Waals surface area contributed by atoms with E-state index in [1.165, 1.54) is 12.1 Å². The minimum atomic E-state index is -0.189. The third-order valence-corrected chi connectivity index (χ3v) is 1.37. The lowest BCUT2D eigenvalue weighted by Crippen LogP contribution is -1.81. The molecule has 0 aromatic heterocycles. The first-order valence-electron chi connectivity index (χ1n) is 3.05. The van der Waals surface area contributed by atoms with Crippen molar-refractivity contribution >= 4 is 6.08 Å². The van der Waals surface area contributed by atoms with E-state index in [0.717, 1.165) is 5.56 Å². The van der Waals surface area contributed by atoms with E-state index >= 15 is 0 Å². The highest BCUT2D eigenvalue weighted by Gasteiger charge is 1.94. The summed E-state index contributed by atoms with van der Waals surface area (Å²) in [6, 6.07) is 4.76. The summed E-state index contributed by atoms with van der Waals surface area (Å²) in [5.41, 5.74) is 1.47. The van der Waals surface area contributed by atoms with Crippen molar-refractivity contribution in [1.29, 1.82) is 0 Å². The van der Waals surface area contributed by atoms with Crippen LogP contribution in [-0.4, -0.2) is 0 Å². The quantitative estimate of drug-likeness (QED) is 0.555. The fourth-order valence-electron chi connectivity index (χ4n) is 0.772. The molecule has 51 valence electrons. The van der Waals surface area contributed by atoms with Crippen molar-refractivity contribution in [3.63, 3.8) is 0 Å². The van der Waals surface area contributed by atoms with E-state index in [0.29, 0.717) is 5.56 Å². The zero-order valence-electron chi connectivity index (χ0n) is 5.76. The first-order chi connectivity index (χ1) is 4.74. The van der Waals surface area contributed by atoms with Gasteiger partial charge in [0.2, 0.25) is 0 Å². The Balaban J connectivity index is 3.16. The largest absolute Gasteiger partial charge is 0.207 e. The Morgan fingerprint density at radius 3 is 2.70 bits per heavy atom. The summed E-state index contributed by atoms with van der Waals surface area (Å²) in [7, 11) is 0. The maximum atomic E-state index is 12.6. The van der Waals surface area contributed by atoms with Crippen LogP contribution in [0.15, 0.2) is 18.2 Å². The third-order valence-electron chi connectivity index (χ3n) is 1.37. The number of rotatable bonds is 1. The predicted molar refractivity (Wildman–Crippen MR) is 39.9 cm³/mol. The Hall–Kier alpha value is -1.11. The lowest BCUT2D eigenvalue weighted by atomic mass is 10.1. The van der Waals surface area contributed by atoms with Gasteiger partial charge in [0.05, 0.1) is 0 Å². The van der Waals surface area contributed by atoms with Gasteiger partial charge in [-0.2, -0.15) is 0 Å². The molecule has 0 aliphatic heterocycles. The summed E-state index contributed by atoms with van der Waals surface area (Å²) in [6.45, 7) is 6.93. The van der Waals surface area contributed by atoms with Gasteiger partial charge in [-0.25, -0.2) is 4.39 Å². The number of hydrogen-bond donors (Lipinski definition) is 0. The maximum absolute atomic E-state index is 12.6. The number of aryl methyl sites for hydroxylation is 1. The summed E-state index contributed by atoms with van der Waals surface area (Å²) >= 11 is 0. The minimum absolute atomic E-state index is 0.189. The zero-order chi connectivity index (χ0) is 7.56. The van der Waals surface area contributed by atoms with Gasteiger partial charge >= 0.3 is 0 Å². The molecule has 0 unspecified atom stereocenters. The highest BCUT2D eigenvalue weighted by Crippen LogP contribution is 2.09. The van der Waals surface area contributed by atoms with Gasteiger partial charge in [0.25, 0.3) is 0 Å². The molecule has 0 aliphatic rings. The average Bonchev–Trinajstić information content (AvgIpc) is 1.95. The Kier molecular flexibility index (Phi) is 1.86. The van der Waals surface area contributed by atoms with E-state index in [4.69, 9.17) is 6.58 Å². The smallest absolute Gasteiger partial charge is 0.126 e. The number of hydrogen-bond acceptors (Lipinski definition) is 0. The topological polar surface area (TPSA) is 0 Å². The third kappa shape index (κ3) is 1.24. The second-order valence-corrected chi connectivity index (χ2v) is 2.18. The van der Waals surface area contributed by atoms with Crippen LogP contribution in [0.3, 0.4) is 0 Å². The molecule has 0 nitrogen and oxygen atoms in total. The van der Waals surface area contributed by atoms with E-state index in [1.807, 2.05) is 0 Å². The van der Waals surface area contributed by atoms with Crippen molar-refractivity contribution in [2.24, 2.45) is 0 Å². The monoisotopic (exact) mass is 135 g/mol. The molecule has 0 saturated carbocycles. The zero-order valence-corrected chi connectivity index (χ0v) is 5.76. The second kappa shape index (κ2) is 2.65. The summed E-state index contributed by atoms with van der Waals surface area (Å²) < 4.78 is 12.6. The van der Waals surface area contributed by atoms with Crippen LogP contribution in [0, 0.1) is 19.3 Å². The molecule has 1 radical (unpaired) electrons. The van der Waals surface area contributed by atoms with Crippen LogP contribution >= 0.6 is 0 Å². The molecule has 0 aliphatic carbocycles. The molecule has 0 spiro atoms. The average molecular weight is 135 g/mol. The molecular formula is C9H8F. The van der Waals surface area contributed by atoms with Gasteiger partial charge in [-0.1, -0.05) is 18.7 Å². The molecule has 0 atom stereocenters. The van der Waals surface area contributed by atoms with Crippen LogP contribution in [0.2, 0.25) is 0 Å². The van der Waals surface area contributed by atoms with Gasteiger partial charge in [-0.15, -0.1) is 0 Å². The maximum Gasteiger partial charge on any atom is 0.126 e. The molecule has 1 aromatic rings. The molecule has 1 heteroatoms. The highest BCUT2D eigenvalue weighted by atomic mass is 19.1. The van der Waals surface area contributed by atoms with Gasteiger partial charge in [-0.05, 0) is 30.2 Å². The van der Waals surface area contributed by atoms with Crippen LogP contribution in [0.4, 0.5) is 4.39 Å². The molecule has 0 heterocycles. The van der Waals surface area contributed by atoms with E-state index in [1.54, 1.807) is 19.1 Å². The summed E-state index contributed by atoms with van der Waals surface area (Å²) in [4.78, 5) is 0. The first-order valence-corrected chi connectivity index (χ1v) is 3.05. The molecule has 0 fully saturated rings. The molecule has 0 saturated heterocycles. The first kappa shape index (κ1) is 7.00. The van der Waals surface area contributed by atoms with E-state index in [2.05, 4.69) is 0 Å². The fourth-order valence-corrected chi connectivity index (χ4v) is 0.772. The molecule has 0 amide bonds. The SMILES string of the molecule is [CH]=Cc1ccc(F)c(C)c1. The van der Waals surface area contributed by atoms with Crippen LogP contribution in [0.5, 0.6) is 0 Å². The van der Waals surface area contributed by atoms with Crippen LogP contribution in [-0.2, 0) is 0 Å². The van der Waals surface area contributed by atoms with E-state index in [9.17, 15) is 4.39 Å². The standard InChI is InChI=1S/C9H8F/c1-3-8-4-5-9(10)7(2)6-8/h1,3-6H,2H3. The normalized spacial score (nSPS) is 9.40. The Bertz CT molecular complexity index is 251. The molecule has 10 heavy (non-hydrogen) atoms. The van der Waals surface area contributed by atoms with Gasteiger partial charge in [0.1, 0.15) is 5.82 Å². The van der Waals surface area contributed by atoms with E-state index < -0.39 is 0 Å². The minimum Gasteiger partial charge on any atom is -0.207 e. The van der Waals surface area contributed by atoms with Crippen LogP contribution in [0.25, 0.3) is 6.08 Å². The molecule has 0 bridgehead atoms. The predicted octanol–water partition coefficient (Wildman–Crippen LogP) is 2.58. The number of halogens is 1. The molecular weight excluding hydrogens is 127 g/mol. The van der Waals surface area contributed by atoms with E-state index in [-0.39, 0.29) is 5.82 Å². The van der Waals surface area contributed by atoms with Gasteiger partial charge in [-0.3, -0.25) is 0 Å². The van der Waals surface area contributed by atoms with Crippen molar-refractivity contribution in [3.05, 3.63) is 41.7 Å². The summed E-state index contributed by atoms with van der Waals surface area (Å²) in [5, 5.41) is 0. The van der Waals surface area contributed by atoms with Crippen molar-refractivity contribution in [2.45, 2.75) is 6.92 Å². The molecule has 1 aromatic carbocycles. The number of benzene rings is 1. The van der Waals surface area contributed by atoms with Crippen molar-refractivity contribution in [3.8, 4) is 0 Å². The lowest BCUT2D eigenvalue weighted by Gasteiger charge is -1.96. The molecule has 0 N–H and O–H groups in total. The van der Waals surface area contributed by atoms with Crippen LogP contribution < -0.4 is 0 Å². The second-order valence-electron chi connectivity index (χ2n) is 2.18. The fraction of sp³-hybridized carbons (Fsp3) is 0.111. The Labute approximate surface area is 60.0 Å². The summed E-state index contributed by atoms with van der Waals surface area (Å²) in [6.07, 6.45) is 1.45. The lowest BCUT2D eigenvalue weighted by molar-refractivity contribution is 0.618. The van der Waals surface area contributed by atoms with Crippen molar-refractivity contribution in [2.75, 3.05) is 0 Å².